The summed E-state index contributed by atoms with van der Waals surface area (Å²) in [5, 5.41) is 0. The molecule has 1 aliphatic heterocycles. The smallest absolute Gasteiger partial charge is 0.222 e. The quantitative estimate of drug-likeness (QED) is 0.902. The van der Waals surface area contributed by atoms with E-state index in [0.717, 1.165) is 32.6 Å². The Bertz CT molecular complexity index is 467. The number of hydrogen-bond acceptors (Lipinski definition) is 3. The van der Waals surface area contributed by atoms with Crippen molar-refractivity contribution in [3.8, 4) is 0 Å². The summed E-state index contributed by atoms with van der Waals surface area (Å²) < 4.78 is 0. The van der Waals surface area contributed by atoms with Crippen LogP contribution in [-0.2, 0) is 4.79 Å². The number of anilines is 1. The van der Waals surface area contributed by atoms with Gasteiger partial charge in [-0.1, -0.05) is 25.1 Å². The highest BCUT2D eigenvalue weighted by atomic mass is 16.2. The van der Waals surface area contributed by atoms with E-state index in [0.29, 0.717) is 18.9 Å². The van der Waals surface area contributed by atoms with Crippen LogP contribution in [-0.4, -0.2) is 43.5 Å². The van der Waals surface area contributed by atoms with Gasteiger partial charge in [0.25, 0.3) is 0 Å². The van der Waals surface area contributed by atoms with Crippen LogP contribution in [0, 0.1) is 12.8 Å². The van der Waals surface area contributed by atoms with Gasteiger partial charge in [-0.2, -0.15) is 0 Å². The Morgan fingerprint density at radius 2 is 1.90 bits per heavy atom. The Morgan fingerprint density at radius 3 is 2.52 bits per heavy atom. The highest BCUT2D eigenvalue weighted by Gasteiger charge is 2.21. The van der Waals surface area contributed by atoms with E-state index in [1.54, 1.807) is 0 Å². The monoisotopic (exact) mass is 289 g/mol. The standard InChI is InChI=1S/C17H27N3O/c1-14(13-18)7-8-17(21)20-11-9-19(10-12-20)16-6-4-3-5-15(16)2/h3-6,14H,7-13,18H2,1-2H3. The molecule has 0 aromatic heterocycles. The largest absolute Gasteiger partial charge is 0.368 e. The summed E-state index contributed by atoms with van der Waals surface area (Å²) >= 11 is 0. The van der Waals surface area contributed by atoms with Gasteiger partial charge in [-0.3, -0.25) is 4.79 Å². The van der Waals surface area contributed by atoms with E-state index in [4.69, 9.17) is 5.73 Å². The minimum absolute atomic E-state index is 0.278. The van der Waals surface area contributed by atoms with Gasteiger partial charge in [-0.05, 0) is 37.4 Å². The fraction of sp³-hybridized carbons (Fsp3) is 0.588. The maximum Gasteiger partial charge on any atom is 0.222 e. The van der Waals surface area contributed by atoms with Crippen LogP contribution in [0.4, 0.5) is 5.69 Å². The first-order chi connectivity index (χ1) is 10.1. The second-order valence-electron chi connectivity index (χ2n) is 6.03. The highest BCUT2D eigenvalue weighted by molar-refractivity contribution is 5.76. The summed E-state index contributed by atoms with van der Waals surface area (Å²) in [5.41, 5.74) is 8.19. The third-order valence-electron chi connectivity index (χ3n) is 4.34. The fourth-order valence-electron chi connectivity index (χ4n) is 2.76. The summed E-state index contributed by atoms with van der Waals surface area (Å²) in [6.45, 7) is 8.39. The zero-order valence-electron chi connectivity index (χ0n) is 13.2. The van der Waals surface area contributed by atoms with E-state index in [-0.39, 0.29) is 5.91 Å². The summed E-state index contributed by atoms with van der Waals surface area (Å²) in [4.78, 5) is 16.6. The first-order valence-corrected chi connectivity index (χ1v) is 7.90. The van der Waals surface area contributed by atoms with Crippen LogP contribution >= 0.6 is 0 Å². The molecule has 4 heteroatoms. The molecule has 1 amide bonds. The number of nitrogens with two attached hydrogens (primary N) is 1. The molecule has 0 radical (unpaired) electrons. The lowest BCUT2D eigenvalue weighted by Crippen LogP contribution is -2.49. The van der Waals surface area contributed by atoms with Crippen LogP contribution in [0.25, 0.3) is 0 Å². The van der Waals surface area contributed by atoms with Crippen molar-refractivity contribution in [2.75, 3.05) is 37.6 Å². The highest BCUT2D eigenvalue weighted by Crippen LogP contribution is 2.21. The van der Waals surface area contributed by atoms with Crippen LogP contribution in [0.1, 0.15) is 25.3 Å². The molecule has 0 bridgehead atoms. The van der Waals surface area contributed by atoms with Crippen molar-refractivity contribution in [1.29, 1.82) is 0 Å². The van der Waals surface area contributed by atoms with Gasteiger partial charge in [0.05, 0.1) is 0 Å². The minimum Gasteiger partial charge on any atom is -0.368 e. The number of benzene rings is 1. The predicted molar refractivity (Wildman–Crippen MR) is 87.4 cm³/mol. The summed E-state index contributed by atoms with van der Waals surface area (Å²) in [5.74, 6) is 0.710. The first-order valence-electron chi connectivity index (χ1n) is 7.90. The van der Waals surface area contributed by atoms with Crippen LogP contribution in [0.5, 0.6) is 0 Å². The molecule has 2 rings (SSSR count). The van der Waals surface area contributed by atoms with Gasteiger partial charge in [0, 0.05) is 38.3 Å². The number of hydrogen-bond donors (Lipinski definition) is 1. The van der Waals surface area contributed by atoms with Gasteiger partial charge in [0.2, 0.25) is 5.91 Å². The predicted octanol–water partition coefficient (Wildman–Crippen LogP) is 2.02. The Kier molecular flexibility index (Phi) is 5.62. The molecular weight excluding hydrogens is 262 g/mol. The zero-order chi connectivity index (χ0) is 15.2. The average Bonchev–Trinajstić information content (AvgIpc) is 2.53. The molecule has 0 spiro atoms. The molecule has 1 atom stereocenters. The number of piperazine rings is 1. The van der Waals surface area contributed by atoms with Crippen LogP contribution < -0.4 is 10.6 Å². The van der Waals surface area contributed by atoms with Crippen molar-refractivity contribution in [3.05, 3.63) is 29.8 Å². The van der Waals surface area contributed by atoms with E-state index in [1.165, 1.54) is 11.3 Å². The third-order valence-corrected chi connectivity index (χ3v) is 4.34. The molecule has 1 aromatic carbocycles. The number of carbonyl (C=O) groups is 1. The van der Waals surface area contributed by atoms with Crippen LogP contribution in [0.15, 0.2) is 24.3 Å². The number of aryl methyl sites for hydroxylation is 1. The maximum absolute atomic E-state index is 12.2. The lowest BCUT2D eigenvalue weighted by molar-refractivity contribution is -0.131. The van der Waals surface area contributed by atoms with Crippen LogP contribution in [0.2, 0.25) is 0 Å². The van der Waals surface area contributed by atoms with Crippen molar-refractivity contribution >= 4 is 11.6 Å². The molecule has 1 fully saturated rings. The number of nitrogens with zero attached hydrogens (tertiary/aromatic N) is 2. The van der Waals surface area contributed by atoms with E-state index in [9.17, 15) is 4.79 Å². The van der Waals surface area contributed by atoms with Gasteiger partial charge in [-0.25, -0.2) is 0 Å². The first kappa shape index (κ1) is 15.8. The van der Waals surface area contributed by atoms with Gasteiger partial charge in [0.1, 0.15) is 0 Å². The van der Waals surface area contributed by atoms with Crippen molar-refractivity contribution in [3.63, 3.8) is 0 Å². The van der Waals surface area contributed by atoms with Crippen molar-refractivity contribution in [2.24, 2.45) is 11.7 Å². The molecular formula is C17H27N3O. The molecule has 1 aliphatic rings. The van der Waals surface area contributed by atoms with Gasteiger partial charge in [-0.15, -0.1) is 0 Å². The second kappa shape index (κ2) is 7.46. The molecule has 0 saturated carbocycles. The van der Waals surface area contributed by atoms with Crippen molar-refractivity contribution in [2.45, 2.75) is 26.7 Å². The van der Waals surface area contributed by atoms with E-state index >= 15 is 0 Å². The maximum atomic E-state index is 12.2. The Morgan fingerprint density at radius 1 is 1.24 bits per heavy atom. The fourth-order valence-corrected chi connectivity index (χ4v) is 2.76. The minimum atomic E-state index is 0.278. The Balaban J connectivity index is 1.83. The average molecular weight is 289 g/mol. The molecule has 4 nitrogen and oxygen atoms in total. The van der Waals surface area contributed by atoms with Crippen LogP contribution in [0.3, 0.4) is 0 Å². The summed E-state index contributed by atoms with van der Waals surface area (Å²) in [6.07, 6.45) is 1.52. The Labute approximate surface area is 127 Å². The van der Waals surface area contributed by atoms with Crippen molar-refractivity contribution in [1.82, 2.24) is 4.90 Å². The van der Waals surface area contributed by atoms with E-state index in [2.05, 4.69) is 43.0 Å². The number of carbonyl (C=O) groups excluding carboxylic acids is 1. The van der Waals surface area contributed by atoms with Gasteiger partial charge in [0.15, 0.2) is 0 Å². The van der Waals surface area contributed by atoms with Gasteiger partial charge < -0.3 is 15.5 Å². The molecule has 1 aromatic rings. The zero-order valence-corrected chi connectivity index (χ0v) is 13.2. The lowest BCUT2D eigenvalue weighted by Gasteiger charge is -2.37. The van der Waals surface area contributed by atoms with Gasteiger partial charge >= 0.3 is 0 Å². The molecule has 1 heterocycles. The molecule has 0 aliphatic carbocycles. The summed E-state index contributed by atoms with van der Waals surface area (Å²) in [6, 6.07) is 8.45. The Hall–Kier alpha value is -1.55. The van der Waals surface area contributed by atoms with E-state index in [1.807, 2.05) is 4.90 Å². The number of rotatable bonds is 5. The SMILES string of the molecule is Cc1ccccc1N1CCN(C(=O)CCC(C)CN)CC1. The second-order valence-corrected chi connectivity index (χ2v) is 6.03. The number of amides is 1. The summed E-state index contributed by atoms with van der Waals surface area (Å²) in [7, 11) is 0. The molecule has 21 heavy (non-hydrogen) atoms. The molecule has 1 unspecified atom stereocenters. The topological polar surface area (TPSA) is 49.6 Å². The molecule has 116 valence electrons. The molecule has 1 saturated heterocycles. The van der Waals surface area contributed by atoms with E-state index < -0.39 is 0 Å². The number of para-hydroxylation sites is 1. The molecule has 2 N–H and O–H groups in total. The lowest BCUT2D eigenvalue weighted by atomic mass is 10.1. The normalized spacial score (nSPS) is 16.9. The van der Waals surface area contributed by atoms with Crippen molar-refractivity contribution < 1.29 is 4.79 Å². The third kappa shape index (κ3) is 4.21.